The van der Waals surface area contributed by atoms with Gasteiger partial charge in [0.1, 0.15) is 0 Å². The normalized spacial score (nSPS) is 19.4. The summed E-state index contributed by atoms with van der Waals surface area (Å²) < 4.78 is 26.8. The monoisotopic (exact) mass is 318 g/mol. The number of halogens is 1. The summed E-state index contributed by atoms with van der Waals surface area (Å²) >= 11 is 0. The zero-order chi connectivity index (χ0) is 13.7. The lowest BCUT2D eigenvalue weighted by Gasteiger charge is -2.22. The number of hydrogen-bond donors (Lipinski definition) is 2. The van der Waals surface area contributed by atoms with Gasteiger partial charge in [-0.2, -0.15) is 0 Å². The van der Waals surface area contributed by atoms with Crippen molar-refractivity contribution in [3.63, 3.8) is 0 Å². The van der Waals surface area contributed by atoms with Crippen LogP contribution in [0.4, 0.5) is 0 Å². The molecule has 1 unspecified atom stereocenters. The molecular formula is C14H23ClN2O2S. The molecule has 0 aliphatic carbocycles. The third-order valence-electron chi connectivity index (χ3n) is 3.43. The maximum Gasteiger partial charge on any atom is 0.215 e. The average molecular weight is 319 g/mol. The number of hydrogen-bond acceptors (Lipinski definition) is 3. The van der Waals surface area contributed by atoms with E-state index in [4.69, 9.17) is 0 Å². The third kappa shape index (κ3) is 5.79. The van der Waals surface area contributed by atoms with Gasteiger partial charge in [0.05, 0.1) is 5.75 Å². The summed E-state index contributed by atoms with van der Waals surface area (Å²) in [6.07, 6.45) is 2.23. The second-order valence-electron chi connectivity index (χ2n) is 5.31. The van der Waals surface area contributed by atoms with Crippen molar-refractivity contribution >= 4 is 22.4 Å². The predicted molar refractivity (Wildman–Crippen MR) is 84.6 cm³/mol. The molecule has 1 heterocycles. The number of rotatable bonds is 5. The summed E-state index contributed by atoms with van der Waals surface area (Å²) in [5.74, 6) is 0.482. The number of benzene rings is 1. The SMILES string of the molecule is Cc1cccc(CS(=O)(=O)NCC2CCCNC2)c1.Cl. The van der Waals surface area contributed by atoms with E-state index in [2.05, 4.69) is 10.0 Å². The number of nitrogens with one attached hydrogen (secondary N) is 2. The summed E-state index contributed by atoms with van der Waals surface area (Å²) in [7, 11) is -3.23. The summed E-state index contributed by atoms with van der Waals surface area (Å²) in [5, 5.41) is 3.29. The van der Waals surface area contributed by atoms with E-state index in [9.17, 15) is 8.42 Å². The van der Waals surface area contributed by atoms with Gasteiger partial charge in [-0.1, -0.05) is 29.8 Å². The van der Waals surface area contributed by atoms with Crippen molar-refractivity contribution in [1.29, 1.82) is 0 Å². The molecule has 2 rings (SSSR count). The molecule has 0 radical (unpaired) electrons. The topological polar surface area (TPSA) is 58.2 Å². The fourth-order valence-corrected chi connectivity index (χ4v) is 3.63. The first-order valence-corrected chi connectivity index (χ1v) is 8.44. The van der Waals surface area contributed by atoms with Crippen LogP contribution in [0, 0.1) is 12.8 Å². The molecule has 1 fully saturated rings. The highest BCUT2D eigenvalue weighted by atomic mass is 35.5. The minimum absolute atomic E-state index is 0. The van der Waals surface area contributed by atoms with Crippen LogP contribution in [-0.4, -0.2) is 28.1 Å². The smallest absolute Gasteiger partial charge is 0.215 e. The van der Waals surface area contributed by atoms with Gasteiger partial charge in [-0.05, 0) is 44.3 Å². The van der Waals surface area contributed by atoms with Gasteiger partial charge in [0.25, 0.3) is 0 Å². The van der Waals surface area contributed by atoms with Gasteiger partial charge >= 0.3 is 0 Å². The Labute approximate surface area is 127 Å². The maximum atomic E-state index is 12.0. The van der Waals surface area contributed by atoms with Crippen LogP contribution in [-0.2, 0) is 15.8 Å². The molecule has 0 bridgehead atoms. The molecule has 1 aliphatic heterocycles. The van der Waals surface area contributed by atoms with Crippen molar-refractivity contribution in [1.82, 2.24) is 10.0 Å². The van der Waals surface area contributed by atoms with E-state index in [1.807, 2.05) is 31.2 Å². The van der Waals surface area contributed by atoms with Crippen LogP contribution in [0.5, 0.6) is 0 Å². The summed E-state index contributed by atoms with van der Waals surface area (Å²) in [6.45, 7) is 4.47. The Morgan fingerprint density at radius 1 is 1.40 bits per heavy atom. The van der Waals surface area contributed by atoms with Gasteiger partial charge in [0, 0.05) is 6.54 Å². The van der Waals surface area contributed by atoms with E-state index >= 15 is 0 Å². The minimum Gasteiger partial charge on any atom is -0.316 e. The van der Waals surface area contributed by atoms with Crippen LogP contribution in [0.1, 0.15) is 24.0 Å². The van der Waals surface area contributed by atoms with E-state index in [-0.39, 0.29) is 18.2 Å². The van der Waals surface area contributed by atoms with E-state index in [0.717, 1.165) is 37.1 Å². The van der Waals surface area contributed by atoms with E-state index in [0.29, 0.717) is 12.5 Å². The summed E-state index contributed by atoms with van der Waals surface area (Å²) in [5.41, 5.74) is 1.93. The van der Waals surface area contributed by atoms with Crippen molar-refractivity contribution in [3.8, 4) is 0 Å². The molecule has 1 aliphatic rings. The highest BCUT2D eigenvalue weighted by Crippen LogP contribution is 2.11. The number of sulfonamides is 1. The van der Waals surface area contributed by atoms with Crippen molar-refractivity contribution in [3.05, 3.63) is 35.4 Å². The van der Waals surface area contributed by atoms with Gasteiger partial charge in [-0.25, -0.2) is 13.1 Å². The van der Waals surface area contributed by atoms with E-state index in [1.54, 1.807) is 0 Å². The molecule has 1 saturated heterocycles. The highest BCUT2D eigenvalue weighted by Gasteiger charge is 2.17. The molecule has 4 nitrogen and oxygen atoms in total. The maximum absolute atomic E-state index is 12.0. The van der Waals surface area contributed by atoms with Crippen molar-refractivity contribution < 1.29 is 8.42 Å². The Morgan fingerprint density at radius 2 is 2.20 bits per heavy atom. The second kappa shape index (κ2) is 7.98. The average Bonchev–Trinajstić information content (AvgIpc) is 2.37. The van der Waals surface area contributed by atoms with Crippen LogP contribution in [0.2, 0.25) is 0 Å². The molecule has 20 heavy (non-hydrogen) atoms. The van der Waals surface area contributed by atoms with Crippen LogP contribution in [0.3, 0.4) is 0 Å². The lowest BCUT2D eigenvalue weighted by Crippen LogP contribution is -2.38. The van der Waals surface area contributed by atoms with Crippen molar-refractivity contribution in [2.45, 2.75) is 25.5 Å². The molecule has 114 valence electrons. The van der Waals surface area contributed by atoms with Crippen LogP contribution in [0.15, 0.2) is 24.3 Å². The molecule has 1 aromatic rings. The third-order valence-corrected chi connectivity index (χ3v) is 4.75. The first kappa shape index (κ1) is 17.4. The molecular weight excluding hydrogens is 296 g/mol. The molecule has 0 amide bonds. The zero-order valence-electron chi connectivity index (χ0n) is 11.8. The fraction of sp³-hybridized carbons (Fsp3) is 0.571. The van der Waals surface area contributed by atoms with Crippen LogP contribution in [0.25, 0.3) is 0 Å². The van der Waals surface area contributed by atoms with E-state index < -0.39 is 10.0 Å². The van der Waals surface area contributed by atoms with Crippen LogP contribution < -0.4 is 10.0 Å². The highest BCUT2D eigenvalue weighted by molar-refractivity contribution is 7.88. The fourth-order valence-electron chi connectivity index (χ4n) is 2.42. The van der Waals surface area contributed by atoms with Gasteiger partial charge in [-0.3, -0.25) is 0 Å². The van der Waals surface area contributed by atoms with E-state index in [1.165, 1.54) is 0 Å². The first-order chi connectivity index (χ1) is 9.05. The first-order valence-electron chi connectivity index (χ1n) is 6.79. The second-order valence-corrected chi connectivity index (χ2v) is 7.12. The van der Waals surface area contributed by atoms with Gasteiger partial charge in [-0.15, -0.1) is 12.4 Å². The van der Waals surface area contributed by atoms with Crippen LogP contribution >= 0.6 is 12.4 Å². The Hall–Kier alpha value is -0.620. The van der Waals surface area contributed by atoms with Crippen molar-refractivity contribution in [2.24, 2.45) is 5.92 Å². The minimum atomic E-state index is -3.23. The Morgan fingerprint density at radius 3 is 2.85 bits per heavy atom. The molecule has 0 aromatic heterocycles. The Kier molecular flexibility index (Phi) is 6.95. The standard InChI is InChI=1S/C14H22N2O2S.ClH/c1-12-4-2-5-13(8-12)11-19(17,18)16-10-14-6-3-7-15-9-14;/h2,4-5,8,14-16H,3,6-7,9-11H2,1H3;1H. The zero-order valence-corrected chi connectivity index (χ0v) is 13.4. The quantitative estimate of drug-likeness (QED) is 0.871. The summed E-state index contributed by atoms with van der Waals surface area (Å²) in [6, 6.07) is 7.64. The lowest BCUT2D eigenvalue weighted by atomic mass is 10.0. The molecule has 2 N–H and O–H groups in total. The van der Waals surface area contributed by atoms with Crippen molar-refractivity contribution in [2.75, 3.05) is 19.6 Å². The van der Waals surface area contributed by atoms with Gasteiger partial charge < -0.3 is 5.32 Å². The molecule has 1 atom stereocenters. The largest absolute Gasteiger partial charge is 0.316 e. The van der Waals surface area contributed by atoms with Gasteiger partial charge in [0.2, 0.25) is 10.0 Å². The number of aryl methyl sites for hydroxylation is 1. The molecule has 1 aromatic carbocycles. The lowest BCUT2D eigenvalue weighted by molar-refractivity contribution is 0.376. The Balaban J connectivity index is 0.00000200. The molecule has 0 saturated carbocycles. The summed E-state index contributed by atoms with van der Waals surface area (Å²) in [4.78, 5) is 0. The van der Waals surface area contributed by atoms with Gasteiger partial charge in [0.15, 0.2) is 0 Å². The molecule has 6 heteroatoms. The Bertz CT molecular complexity index is 514. The predicted octanol–water partition coefficient (Wildman–Crippen LogP) is 1.84. The molecule has 0 spiro atoms. The number of piperidine rings is 1.